The Bertz CT molecular complexity index is 3090. The van der Waals surface area contributed by atoms with Crippen molar-refractivity contribution in [2.24, 2.45) is 17.8 Å². The van der Waals surface area contributed by atoms with E-state index in [1.807, 2.05) is 24.3 Å². The molecule has 292 valence electrons. The second kappa shape index (κ2) is 12.3. The van der Waals surface area contributed by atoms with Crippen LogP contribution in [0, 0.1) is 17.8 Å². The minimum atomic E-state index is 0.00958. The zero-order valence-corrected chi connectivity index (χ0v) is 33.7. The molecule has 5 saturated carbocycles. The van der Waals surface area contributed by atoms with E-state index in [2.05, 4.69) is 97.1 Å². The van der Waals surface area contributed by atoms with Crippen LogP contribution in [0.4, 0.5) is 0 Å². The SMILES string of the molecule is c1ccc2c(c1)oc1c(-c3nc(-c4ccc5c(c4)C4(CCCCC4)c4cc(C67CC8CC(CC(C8)C6)C7)ccc4-5)nc(-c4cccc5c4oc4ccccc45)n3)cccc12. The summed E-state index contributed by atoms with van der Waals surface area (Å²) in [5.41, 5.74) is 13.9. The first-order valence-electron chi connectivity index (χ1n) is 22.5. The molecule has 0 unspecified atom stereocenters. The second-order valence-electron chi connectivity index (χ2n) is 19.2. The first-order chi connectivity index (χ1) is 29.6. The normalized spacial score (nSPS) is 23.6. The molecule has 5 nitrogen and oxygen atoms in total. The van der Waals surface area contributed by atoms with Crippen LogP contribution in [0.2, 0.25) is 0 Å². The summed E-state index contributed by atoms with van der Waals surface area (Å²) in [6.45, 7) is 0. The molecule has 60 heavy (non-hydrogen) atoms. The third kappa shape index (κ3) is 4.72. The zero-order valence-electron chi connectivity index (χ0n) is 33.7. The Morgan fingerprint density at radius 1 is 0.450 bits per heavy atom. The quantitative estimate of drug-likeness (QED) is 0.178. The summed E-state index contributed by atoms with van der Waals surface area (Å²) in [5.74, 6) is 4.63. The van der Waals surface area contributed by atoms with Crippen molar-refractivity contribution in [2.75, 3.05) is 0 Å². The van der Waals surface area contributed by atoms with Crippen LogP contribution in [-0.2, 0) is 10.8 Å². The van der Waals surface area contributed by atoms with E-state index in [0.717, 1.165) is 78.3 Å². The van der Waals surface area contributed by atoms with Crippen LogP contribution in [0.15, 0.2) is 130 Å². The van der Waals surface area contributed by atoms with Crippen molar-refractivity contribution in [3.8, 4) is 45.3 Å². The molecular weight excluding hydrogens is 735 g/mol. The number of para-hydroxylation sites is 4. The van der Waals surface area contributed by atoms with Gasteiger partial charge in [-0.15, -0.1) is 0 Å². The van der Waals surface area contributed by atoms with E-state index < -0.39 is 0 Å². The van der Waals surface area contributed by atoms with E-state index in [1.165, 1.54) is 87.3 Å². The highest BCUT2D eigenvalue weighted by Gasteiger charge is 2.52. The molecule has 5 heteroatoms. The molecule has 3 heterocycles. The number of fused-ring (bicyclic) bond motifs is 11. The van der Waals surface area contributed by atoms with Crippen LogP contribution in [0.25, 0.3) is 89.2 Å². The summed E-state index contributed by atoms with van der Waals surface area (Å²) in [6.07, 6.45) is 14.8. The van der Waals surface area contributed by atoms with E-state index in [9.17, 15) is 0 Å². The molecule has 0 aliphatic heterocycles. The van der Waals surface area contributed by atoms with Gasteiger partial charge >= 0.3 is 0 Å². The van der Waals surface area contributed by atoms with Crippen molar-refractivity contribution in [3.05, 3.63) is 138 Å². The highest BCUT2D eigenvalue weighted by atomic mass is 16.3. The van der Waals surface area contributed by atoms with E-state index in [0.29, 0.717) is 22.9 Å². The van der Waals surface area contributed by atoms with Crippen LogP contribution in [0.3, 0.4) is 0 Å². The summed E-state index contributed by atoms with van der Waals surface area (Å²) in [4.78, 5) is 16.0. The van der Waals surface area contributed by atoms with Gasteiger partial charge in [0.05, 0.1) is 11.1 Å². The molecule has 0 amide bonds. The summed E-state index contributed by atoms with van der Waals surface area (Å²) in [5, 5.41) is 4.26. The summed E-state index contributed by atoms with van der Waals surface area (Å²) in [6, 6.07) is 43.9. The molecule has 1 spiro atoms. The molecule has 0 N–H and O–H groups in total. The number of hydrogen-bond donors (Lipinski definition) is 0. The number of nitrogens with zero attached hydrogens (tertiary/aromatic N) is 3. The molecule has 6 aliphatic carbocycles. The largest absolute Gasteiger partial charge is 0.455 e. The molecule has 0 atom stereocenters. The number of aromatic nitrogens is 3. The molecule has 6 aromatic carbocycles. The fourth-order valence-electron chi connectivity index (χ4n) is 13.7. The van der Waals surface area contributed by atoms with Gasteiger partial charge < -0.3 is 8.83 Å². The molecular formula is C55H45N3O2. The number of furan rings is 2. The van der Waals surface area contributed by atoms with Gasteiger partial charge in [0.2, 0.25) is 0 Å². The lowest BCUT2D eigenvalue weighted by atomic mass is 9.48. The first kappa shape index (κ1) is 33.7. The third-order valence-electron chi connectivity index (χ3n) is 15.9. The highest BCUT2D eigenvalue weighted by molar-refractivity contribution is 6.10. The standard InChI is InChI=1S/C55H45N3O2/c1-6-22-55(23-7-1)45-27-35(18-20-37(45)38-21-19-36(28-46(38)55)54-29-32-24-33(30-54)26-34(25-32)31-54)51-56-52(43-14-8-12-41-39-10-2-4-16-47(39)59-49(41)43)58-53(57-51)44-15-9-13-42-40-11-3-5-17-48(40)60-50(42)44/h2-5,8-21,27-28,32-34H,1,6-7,22-26,29-31H2. The fraction of sp³-hybridized carbons (Fsp3) is 0.291. The molecule has 15 rings (SSSR count). The molecule has 9 aromatic rings. The van der Waals surface area contributed by atoms with Gasteiger partial charge in [-0.25, -0.2) is 15.0 Å². The number of benzene rings is 6. The molecule has 5 fully saturated rings. The van der Waals surface area contributed by atoms with Gasteiger partial charge in [-0.3, -0.25) is 0 Å². The Morgan fingerprint density at radius 2 is 0.967 bits per heavy atom. The zero-order chi connectivity index (χ0) is 39.2. The van der Waals surface area contributed by atoms with Crippen molar-refractivity contribution in [2.45, 2.75) is 81.5 Å². The van der Waals surface area contributed by atoms with E-state index in [1.54, 1.807) is 11.1 Å². The van der Waals surface area contributed by atoms with Crippen LogP contribution < -0.4 is 0 Å². The van der Waals surface area contributed by atoms with Crippen molar-refractivity contribution in [1.82, 2.24) is 15.0 Å². The van der Waals surface area contributed by atoms with Crippen LogP contribution in [0.5, 0.6) is 0 Å². The highest BCUT2D eigenvalue weighted by Crippen LogP contribution is 2.63. The van der Waals surface area contributed by atoms with Crippen molar-refractivity contribution in [1.29, 1.82) is 0 Å². The van der Waals surface area contributed by atoms with Crippen molar-refractivity contribution >= 4 is 43.9 Å². The summed E-state index contributed by atoms with van der Waals surface area (Å²) < 4.78 is 13.2. The van der Waals surface area contributed by atoms with Crippen LogP contribution in [-0.4, -0.2) is 15.0 Å². The Morgan fingerprint density at radius 3 is 1.57 bits per heavy atom. The minimum absolute atomic E-state index is 0.00958. The lowest BCUT2D eigenvalue weighted by Gasteiger charge is -2.57. The first-order valence-corrected chi connectivity index (χ1v) is 22.5. The Balaban J connectivity index is 0.957. The maximum absolute atomic E-state index is 6.58. The molecule has 3 aromatic heterocycles. The Hall–Kier alpha value is -6.07. The molecule has 4 bridgehead atoms. The molecule has 6 aliphatic rings. The average Bonchev–Trinajstić information content (AvgIpc) is 3.94. The van der Waals surface area contributed by atoms with Gasteiger partial charge in [-0.2, -0.15) is 0 Å². The number of rotatable bonds is 4. The third-order valence-corrected chi connectivity index (χ3v) is 15.9. The summed E-state index contributed by atoms with van der Waals surface area (Å²) in [7, 11) is 0. The predicted octanol–water partition coefficient (Wildman–Crippen LogP) is 14.4. The van der Waals surface area contributed by atoms with E-state index in [4.69, 9.17) is 23.8 Å². The second-order valence-corrected chi connectivity index (χ2v) is 19.2. The number of hydrogen-bond acceptors (Lipinski definition) is 5. The molecule has 0 saturated heterocycles. The van der Waals surface area contributed by atoms with E-state index in [-0.39, 0.29) is 5.41 Å². The van der Waals surface area contributed by atoms with Gasteiger partial charge in [-0.05, 0) is 133 Å². The topological polar surface area (TPSA) is 65.0 Å². The summed E-state index contributed by atoms with van der Waals surface area (Å²) >= 11 is 0. The monoisotopic (exact) mass is 779 g/mol. The van der Waals surface area contributed by atoms with Gasteiger partial charge in [-0.1, -0.05) is 110 Å². The van der Waals surface area contributed by atoms with Crippen molar-refractivity contribution < 1.29 is 8.83 Å². The fourth-order valence-corrected chi connectivity index (χ4v) is 13.7. The predicted molar refractivity (Wildman–Crippen MR) is 240 cm³/mol. The van der Waals surface area contributed by atoms with Gasteiger partial charge in [0.1, 0.15) is 22.3 Å². The maximum atomic E-state index is 6.58. The van der Waals surface area contributed by atoms with Crippen LogP contribution in [0.1, 0.15) is 87.3 Å². The van der Waals surface area contributed by atoms with Gasteiger partial charge in [0.15, 0.2) is 17.5 Å². The lowest BCUT2D eigenvalue weighted by molar-refractivity contribution is -0.00524. The smallest absolute Gasteiger partial charge is 0.167 e. The molecule has 0 radical (unpaired) electrons. The van der Waals surface area contributed by atoms with Crippen LogP contribution >= 0.6 is 0 Å². The van der Waals surface area contributed by atoms with Gasteiger partial charge in [0, 0.05) is 32.5 Å². The van der Waals surface area contributed by atoms with Crippen molar-refractivity contribution in [3.63, 3.8) is 0 Å². The lowest BCUT2D eigenvalue weighted by Crippen LogP contribution is -2.48. The minimum Gasteiger partial charge on any atom is -0.455 e. The van der Waals surface area contributed by atoms with Gasteiger partial charge in [0.25, 0.3) is 0 Å². The Kier molecular flexibility index (Phi) is 6.89. The Labute approximate surface area is 348 Å². The van der Waals surface area contributed by atoms with E-state index >= 15 is 0 Å². The average molecular weight is 780 g/mol. The maximum Gasteiger partial charge on any atom is 0.167 e.